The number of carbonyl (C=O) groups excluding carboxylic acids is 2. The van der Waals surface area contributed by atoms with Gasteiger partial charge < -0.3 is 37.6 Å². The first-order chi connectivity index (χ1) is 21.7. The molecular weight excluding hydrogens is 642 g/mol. The number of carboxylic acids is 2. The van der Waals surface area contributed by atoms with E-state index in [1.165, 1.54) is 25.6 Å². The van der Waals surface area contributed by atoms with Gasteiger partial charge in [0.2, 0.25) is 17.1 Å². The van der Waals surface area contributed by atoms with Gasteiger partial charge in [0.25, 0.3) is 11.8 Å². The highest BCUT2D eigenvalue weighted by Gasteiger charge is 2.54. The average Bonchev–Trinajstić information content (AvgIpc) is 3.56. The number of fused-ring (bicyclic) bond motifs is 2. The molecule has 9 N–H and O–H groups in total. The van der Waals surface area contributed by atoms with Gasteiger partial charge in [-0.05, 0) is 44.3 Å². The minimum atomic E-state index is -1.80. The van der Waals surface area contributed by atoms with Crippen molar-refractivity contribution in [3.05, 3.63) is 35.4 Å². The summed E-state index contributed by atoms with van der Waals surface area (Å²) in [7, 11) is 0. The Bertz CT molecular complexity index is 1800. The van der Waals surface area contributed by atoms with E-state index in [9.17, 15) is 29.4 Å². The molecule has 0 aliphatic carbocycles. The topological polar surface area (TPSA) is 271 Å². The number of aromatic nitrogens is 5. The second kappa shape index (κ2) is 12.5. The predicted molar refractivity (Wildman–Crippen MR) is 166 cm³/mol. The number of aryl methyl sites for hydroxylation is 1. The van der Waals surface area contributed by atoms with Crippen LogP contribution in [0.5, 0.6) is 0 Å². The maximum atomic E-state index is 13.4. The number of nitrogens with one attached hydrogen (secondary N) is 1. The van der Waals surface area contributed by atoms with E-state index in [0.29, 0.717) is 30.1 Å². The van der Waals surface area contributed by atoms with E-state index >= 15 is 0 Å². The van der Waals surface area contributed by atoms with Crippen molar-refractivity contribution >= 4 is 75.0 Å². The lowest BCUT2D eigenvalue weighted by atomic mass is 10.0. The van der Waals surface area contributed by atoms with E-state index in [1.54, 1.807) is 16.8 Å². The Labute approximate surface area is 269 Å². The number of carboxylic acid groups (broad SMARTS) is 2. The molecule has 0 spiro atoms. The van der Waals surface area contributed by atoms with Crippen molar-refractivity contribution in [1.29, 1.82) is 0 Å². The molecule has 0 radical (unpaired) electrons. The predicted octanol–water partition coefficient (Wildman–Crippen LogP) is -0.900. The summed E-state index contributed by atoms with van der Waals surface area (Å²) >= 11 is 2.04. The number of rotatable bonds is 12. The minimum absolute atomic E-state index is 0.0127. The van der Waals surface area contributed by atoms with Crippen molar-refractivity contribution in [3.63, 3.8) is 0 Å². The van der Waals surface area contributed by atoms with E-state index in [1.807, 2.05) is 17.6 Å². The fraction of sp³-hybridized carbons (Fsp3) is 0.423. The number of imidazole rings is 1. The fourth-order valence-corrected chi connectivity index (χ4v) is 6.55. The number of carbonyl (C=O) groups is 4. The second-order valence-corrected chi connectivity index (χ2v) is 13.0. The highest BCUT2D eigenvalue weighted by molar-refractivity contribution is 8.00. The molecule has 2 amide bonds. The molecule has 2 aliphatic heterocycles. The van der Waals surface area contributed by atoms with E-state index in [2.05, 4.69) is 24.8 Å². The Balaban J connectivity index is 1.38. The zero-order valence-corrected chi connectivity index (χ0v) is 26.5. The molecule has 20 heteroatoms. The Morgan fingerprint density at radius 1 is 1.28 bits per heavy atom. The molecule has 0 bridgehead atoms. The molecule has 3 atom stereocenters. The highest BCUT2D eigenvalue weighted by atomic mass is 32.2. The van der Waals surface area contributed by atoms with Crippen LogP contribution >= 0.6 is 23.3 Å². The molecule has 1 fully saturated rings. The van der Waals surface area contributed by atoms with Gasteiger partial charge in [-0.3, -0.25) is 19.1 Å². The van der Waals surface area contributed by atoms with Gasteiger partial charge in [0.15, 0.2) is 5.13 Å². The number of hydrogen-bond donors (Lipinski definition) is 6. The zero-order valence-electron chi connectivity index (χ0n) is 24.9. The van der Waals surface area contributed by atoms with Crippen LogP contribution in [0.2, 0.25) is 0 Å². The van der Waals surface area contributed by atoms with E-state index in [4.69, 9.17) is 22.0 Å². The number of hydrogen-bond acceptors (Lipinski definition) is 14. The van der Waals surface area contributed by atoms with Crippen molar-refractivity contribution in [2.24, 2.45) is 10.9 Å². The third kappa shape index (κ3) is 6.17. The van der Waals surface area contributed by atoms with E-state index in [0.717, 1.165) is 21.9 Å². The van der Waals surface area contributed by atoms with Gasteiger partial charge in [-0.25, -0.2) is 14.2 Å². The number of β-lactam (4-membered cyclic amide) rings is 1. The number of nitrogen functional groups attached to an aromatic ring is 2. The number of aliphatic carboxylic acids is 2. The molecule has 3 aromatic rings. The van der Waals surface area contributed by atoms with Gasteiger partial charge in [0.05, 0.1) is 6.20 Å². The number of anilines is 2. The van der Waals surface area contributed by atoms with Crippen molar-refractivity contribution in [2.45, 2.75) is 63.3 Å². The number of oxime groups is 1. The lowest BCUT2D eigenvalue weighted by Gasteiger charge is -2.49. The highest BCUT2D eigenvalue weighted by Crippen LogP contribution is 2.40. The molecule has 0 saturated carbocycles. The first-order valence-corrected chi connectivity index (χ1v) is 15.7. The molecule has 3 aromatic heterocycles. The van der Waals surface area contributed by atoms with Crippen molar-refractivity contribution in [2.75, 3.05) is 17.2 Å². The Kier molecular flexibility index (Phi) is 8.87. The van der Waals surface area contributed by atoms with Gasteiger partial charge in [-0.15, -0.1) is 11.8 Å². The molecule has 0 aromatic carbocycles. The first-order valence-electron chi connectivity index (χ1n) is 13.9. The van der Waals surface area contributed by atoms with Gasteiger partial charge in [-0.2, -0.15) is 9.36 Å². The van der Waals surface area contributed by atoms with Crippen LogP contribution in [-0.2, 0) is 37.1 Å². The summed E-state index contributed by atoms with van der Waals surface area (Å²) in [5.74, 6) is -3.96. The van der Waals surface area contributed by atoms with E-state index in [-0.39, 0.29) is 35.0 Å². The SMILES string of the molecule is C[C@H](N)CCn1c(N)nc2c1ccc[n+]2CC1=C(C(=O)O)N2C(=O)[C@@H](NC(=O)/C(=N\OC(C)(C)C(=O)O)c3nsc(N)n3)[C@H]2SC1. The van der Waals surface area contributed by atoms with Gasteiger partial charge in [-0.1, -0.05) is 5.16 Å². The summed E-state index contributed by atoms with van der Waals surface area (Å²) in [5, 5.41) is 25.0. The maximum Gasteiger partial charge on any atom is 0.352 e. The number of pyridine rings is 1. The van der Waals surface area contributed by atoms with Crippen molar-refractivity contribution in [1.82, 2.24) is 29.1 Å². The number of thioether (sulfide) groups is 1. The fourth-order valence-electron chi connectivity index (χ4n) is 4.78. The smallest absolute Gasteiger partial charge is 0.352 e. The van der Waals surface area contributed by atoms with Crippen LogP contribution < -0.4 is 27.1 Å². The lowest BCUT2D eigenvalue weighted by Crippen LogP contribution is -2.71. The number of nitrogens with zero attached hydrogens (tertiary/aromatic N) is 7. The summed E-state index contributed by atoms with van der Waals surface area (Å²) in [4.78, 5) is 65.3. The van der Waals surface area contributed by atoms with Crippen LogP contribution in [0.1, 0.15) is 33.0 Å². The molecule has 244 valence electrons. The molecule has 5 rings (SSSR count). The monoisotopic (exact) mass is 674 g/mol. The third-order valence-corrected chi connectivity index (χ3v) is 9.15. The van der Waals surface area contributed by atoms with E-state index < -0.39 is 46.5 Å². The third-order valence-electron chi connectivity index (χ3n) is 7.26. The average molecular weight is 675 g/mol. The molecule has 5 heterocycles. The number of amides is 2. The quantitative estimate of drug-likeness (QED) is 0.0588. The Morgan fingerprint density at radius 3 is 2.65 bits per heavy atom. The largest absolute Gasteiger partial charge is 0.478 e. The van der Waals surface area contributed by atoms with Gasteiger partial charge in [0.1, 0.15) is 29.2 Å². The normalized spacial score (nSPS) is 19.1. The maximum absolute atomic E-state index is 13.4. The second-order valence-electron chi connectivity index (χ2n) is 11.2. The summed E-state index contributed by atoms with van der Waals surface area (Å²) in [6, 6.07) is 2.50. The summed E-state index contributed by atoms with van der Waals surface area (Å²) < 4.78 is 7.56. The van der Waals surface area contributed by atoms with Crippen LogP contribution in [0, 0.1) is 0 Å². The standard InChI is InChI=1S/C26H31N11O7S2/c1-11(27)6-8-36-13-5-4-7-35(18(13)32-24(36)28)9-12-10-45-21-15(20(39)37(21)16(12)22(40)41)30-19(38)14(17-31-25(29)46-34-17)33-44-26(2,3)23(42)43/h4-5,7,11,15,21,28H,6,8-10,27H2,1-3H3,(H5,29,30,31,34,38,40,41,42,43)/p+1/b33-14-/t11-,15+,21+/m0/s1. The lowest BCUT2D eigenvalue weighted by molar-refractivity contribution is -0.664. The van der Waals surface area contributed by atoms with Crippen LogP contribution in [-0.4, -0.2) is 92.3 Å². The summed E-state index contributed by atoms with van der Waals surface area (Å²) in [5.41, 5.74) is 17.0. The van der Waals surface area contributed by atoms with Gasteiger partial charge >= 0.3 is 23.5 Å². The molecular formula is C26H32N11O7S2+. The van der Waals surface area contributed by atoms with Crippen LogP contribution in [0.15, 0.2) is 34.8 Å². The van der Waals surface area contributed by atoms with Crippen molar-refractivity contribution < 1.29 is 38.8 Å². The first kappa shape index (κ1) is 32.6. The molecule has 0 unspecified atom stereocenters. The van der Waals surface area contributed by atoms with Gasteiger partial charge in [0, 0.05) is 35.4 Å². The van der Waals surface area contributed by atoms with Crippen LogP contribution in [0.3, 0.4) is 0 Å². The Hall–Kier alpha value is -4.82. The summed E-state index contributed by atoms with van der Waals surface area (Å²) in [6.45, 7) is 5.02. The molecule has 18 nitrogen and oxygen atoms in total. The summed E-state index contributed by atoms with van der Waals surface area (Å²) in [6.07, 6.45) is 2.43. The number of nitrogens with two attached hydrogens (primary N) is 3. The van der Waals surface area contributed by atoms with Crippen molar-refractivity contribution in [3.8, 4) is 0 Å². The molecule has 1 saturated heterocycles. The molecule has 46 heavy (non-hydrogen) atoms. The molecule has 2 aliphatic rings. The minimum Gasteiger partial charge on any atom is -0.478 e. The zero-order chi connectivity index (χ0) is 33.5. The van der Waals surface area contributed by atoms with Crippen LogP contribution in [0.4, 0.5) is 11.1 Å². The Morgan fingerprint density at radius 2 is 2.02 bits per heavy atom. The van der Waals surface area contributed by atoms with Crippen LogP contribution in [0.25, 0.3) is 11.2 Å².